The van der Waals surface area contributed by atoms with Crippen molar-refractivity contribution in [1.29, 1.82) is 0 Å². The third-order valence-corrected chi connectivity index (χ3v) is 1.68. The predicted octanol–water partition coefficient (Wildman–Crippen LogP) is 2.51. The molecule has 0 fully saturated rings. The highest BCUT2D eigenvalue weighted by molar-refractivity contribution is 9.10. The van der Waals surface area contributed by atoms with Gasteiger partial charge in [0, 0.05) is 4.47 Å². The fraction of sp³-hybridized carbons (Fsp3) is 0.125. The van der Waals surface area contributed by atoms with Crippen LogP contribution in [0.3, 0.4) is 0 Å². The molecule has 0 saturated heterocycles. The molecule has 1 nitrogen and oxygen atoms in total. The quantitative estimate of drug-likeness (QED) is 0.709. The zero-order valence-electron chi connectivity index (χ0n) is 5.30. The molecule has 10 heavy (non-hydrogen) atoms. The van der Waals surface area contributed by atoms with E-state index >= 15 is 0 Å². The Morgan fingerprint density at radius 1 is 1.30 bits per heavy atom. The van der Waals surface area contributed by atoms with E-state index in [2.05, 4.69) is 20.7 Å². The highest BCUT2D eigenvalue weighted by Crippen LogP contribution is 2.10. The average molecular weight is 198 g/mol. The number of halogens is 1. The molecule has 0 saturated carbocycles. The molecular weight excluding hydrogens is 192 g/mol. The summed E-state index contributed by atoms with van der Waals surface area (Å²) in [7, 11) is 6.48. The van der Waals surface area contributed by atoms with E-state index in [9.17, 15) is 0 Å². The van der Waals surface area contributed by atoms with E-state index in [-0.39, 0.29) is 0 Å². The Bertz CT molecular complexity index is 193. The number of hydrogen-bond donors (Lipinski definition) is 0. The molecule has 0 spiro atoms. The van der Waals surface area contributed by atoms with Crippen molar-refractivity contribution in [3.05, 3.63) is 41.4 Å². The molecule has 1 aromatic carbocycles. The van der Waals surface area contributed by atoms with Crippen LogP contribution in [0.5, 0.6) is 0 Å². The van der Waals surface area contributed by atoms with Crippen molar-refractivity contribution in [3.63, 3.8) is 0 Å². The van der Waals surface area contributed by atoms with E-state index in [4.69, 9.17) is 7.11 Å². The van der Waals surface area contributed by atoms with Gasteiger partial charge >= 0.3 is 0 Å². The Balaban J connectivity index is 2.69. The summed E-state index contributed by atoms with van der Waals surface area (Å²) in [6.07, 6.45) is 0. The lowest BCUT2D eigenvalue weighted by Gasteiger charge is -1.96. The van der Waals surface area contributed by atoms with Gasteiger partial charge in [0.1, 0.15) is 0 Å². The maximum Gasteiger partial charge on any atom is 0.174 e. The SMILES string of the molecule is [C]OCc1ccc(Br)cc1. The second-order valence-corrected chi connectivity index (χ2v) is 2.83. The van der Waals surface area contributed by atoms with Gasteiger partial charge < -0.3 is 4.74 Å². The van der Waals surface area contributed by atoms with Crippen molar-refractivity contribution < 1.29 is 4.74 Å². The standard InChI is InChI=1S/C8H6BrO/c1-10-6-7-2-4-8(9)5-3-7/h2-5H,6H2. The minimum Gasteiger partial charge on any atom is -0.360 e. The van der Waals surface area contributed by atoms with Crippen molar-refractivity contribution >= 4 is 15.9 Å². The van der Waals surface area contributed by atoms with Gasteiger partial charge in [-0.3, -0.25) is 0 Å². The van der Waals surface area contributed by atoms with Crippen LogP contribution in [-0.2, 0) is 11.3 Å². The monoisotopic (exact) mass is 197 g/mol. The van der Waals surface area contributed by atoms with E-state index < -0.39 is 0 Å². The van der Waals surface area contributed by atoms with Gasteiger partial charge in [-0.25, -0.2) is 0 Å². The van der Waals surface area contributed by atoms with Gasteiger partial charge in [0.25, 0.3) is 0 Å². The summed E-state index contributed by atoms with van der Waals surface area (Å²) in [4.78, 5) is 0. The van der Waals surface area contributed by atoms with E-state index in [0.717, 1.165) is 10.0 Å². The molecular formula is C8H6BrO. The summed E-state index contributed by atoms with van der Waals surface area (Å²) in [5, 5.41) is 0. The first-order chi connectivity index (χ1) is 4.83. The molecule has 0 aliphatic carbocycles. The van der Waals surface area contributed by atoms with Crippen LogP contribution in [0.15, 0.2) is 28.7 Å². The van der Waals surface area contributed by atoms with Crippen LogP contribution in [0.4, 0.5) is 0 Å². The van der Waals surface area contributed by atoms with Crippen LogP contribution in [0.25, 0.3) is 0 Å². The predicted molar refractivity (Wildman–Crippen MR) is 42.2 cm³/mol. The lowest BCUT2D eigenvalue weighted by atomic mass is 10.2. The molecule has 0 aromatic heterocycles. The molecule has 3 radical (unpaired) electrons. The molecule has 0 bridgehead atoms. The molecule has 2 heteroatoms. The van der Waals surface area contributed by atoms with Crippen molar-refractivity contribution in [2.75, 3.05) is 0 Å². The largest absolute Gasteiger partial charge is 0.360 e. The number of hydrogen-bond acceptors (Lipinski definition) is 1. The highest BCUT2D eigenvalue weighted by atomic mass is 79.9. The Kier molecular flexibility index (Phi) is 2.90. The molecule has 1 aromatic rings. The fourth-order valence-corrected chi connectivity index (χ4v) is 0.928. The maximum absolute atomic E-state index is 6.48. The molecule has 0 amide bonds. The van der Waals surface area contributed by atoms with E-state index in [1.165, 1.54) is 0 Å². The molecule has 1 rings (SSSR count). The average Bonchev–Trinajstić information content (AvgIpc) is 1.95. The van der Waals surface area contributed by atoms with Gasteiger partial charge in [0.2, 0.25) is 0 Å². The Morgan fingerprint density at radius 2 is 1.90 bits per heavy atom. The lowest BCUT2D eigenvalue weighted by Crippen LogP contribution is -1.83. The Labute approximate surface area is 69.1 Å². The summed E-state index contributed by atoms with van der Waals surface area (Å²) in [5.41, 5.74) is 1.01. The van der Waals surface area contributed by atoms with Gasteiger partial charge in [0.05, 0.1) is 6.61 Å². The minimum absolute atomic E-state index is 0.354. The van der Waals surface area contributed by atoms with Gasteiger partial charge in [-0.1, -0.05) is 28.1 Å². The molecule has 51 valence electrons. The molecule has 0 heterocycles. The van der Waals surface area contributed by atoms with Gasteiger partial charge in [-0.15, -0.1) is 0 Å². The minimum atomic E-state index is 0.354. The van der Waals surface area contributed by atoms with Gasteiger partial charge in [-0.05, 0) is 17.7 Å². The number of benzene rings is 1. The first-order valence-electron chi connectivity index (χ1n) is 2.86. The first kappa shape index (κ1) is 7.76. The third kappa shape index (κ3) is 2.12. The molecule has 0 atom stereocenters. The van der Waals surface area contributed by atoms with Crippen molar-refractivity contribution in [3.8, 4) is 0 Å². The summed E-state index contributed by atoms with van der Waals surface area (Å²) < 4.78 is 5.25. The van der Waals surface area contributed by atoms with Crippen molar-refractivity contribution in [2.45, 2.75) is 6.61 Å². The fourth-order valence-electron chi connectivity index (χ4n) is 0.664. The Hall–Kier alpha value is -0.340. The van der Waals surface area contributed by atoms with Crippen LogP contribution in [0.1, 0.15) is 5.56 Å². The smallest absolute Gasteiger partial charge is 0.174 e. The summed E-state index contributed by atoms with van der Waals surface area (Å²) in [6, 6.07) is 7.68. The Morgan fingerprint density at radius 3 is 2.40 bits per heavy atom. The normalized spacial score (nSPS) is 9.80. The van der Waals surface area contributed by atoms with Crippen molar-refractivity contribution in [1.82, 2.24) is 0 Å². The topological polar surface area (TPSA) is 9.23 Å². The zero-order valence-corrected chi connectivity index (χ0v) is 6.89. The summed E-state index contributed by atoms with van der Waals surface area (Å²) in [6.45, 7) is 0.354. The van der Waals surface area contributed by atoms with Crippen LogP contribution in [-0.4, -0.2) is 0 Å². The molecule has 0 unspecified atom stereocenters. The second kappa shape index (κ2) is 3.74. The van der Waals surface area contributed by atoms with E-state index in [0.29, 0.717) is 6.61 Å². The zero-order chi connectivity index (χ0) is 7.40. The second-order valence-electron chi connectivity index (χ2n) is 1.92. The van der Waals surface area contributed by atoms with Gasteiger partial charge in [-0.2, -0.15) is 0 Å². The molecule has 0 N–H and O–H groups in total. The maximum atomic E-state index is 6.48. The van der Waals surface area contributed by atoms with Crippen molar-refractivity contribution in [2.24, 2.45) is 0 Å². The molecule has 0 aliphatic rings. The summed E-state index contributed by atoms with van der Waals surface area (Å²) in [5.74, 6) is 0. The van der Waals surface area contributed by atoms with E-state index in [1.54, 1.807) is 0 Å². The number of rotatable bonds is 2. The van der Waals surface area contributed by atoms with Crippen LogP contribution in [0, 0.1) is 7.11 Å². The number of ether oxygens (including phenoxy) is 1. The van der Waals surface area contributed by atoms with Crippen LogP contribution >= 0.6 is 15.9 Å². The van der Waals surface area contributed by atoms with Gasteiger partial charge in [0.15, 0.2) is 7.11 Å². The molecule has 0 aliphatic heterocycles. The van der Waals surface area contributed by atoms with Crippen LogP contribution in [0.2, 0.25) is 0 Å². The lowest BCUT2D eigenvalue weighted by molar-refractivity contribution is 0.229. The van der Waals surface area contributed by atoms with Crippen LogP contribution < -0.4 is 0 Å². The third-order valence-electron chi connectivity index (χ3n) is 1.15. The first-order valence-corrected chi connectivity index (χ1v) is 3.65. The van der Waals surface area contributed by atoms with E-state index in [1.807, 2.05) is 24.3 Å². The highest BCUT2D eigenvalue weighted by Gasteiger charge is 1.89. The summed E-state index contributed by atoms with van der Waals surface area (Å²) >= 11 is 3.31.